The van der Waals surface area contributed by atoms with Gasteiger partial charge in [-0.1, -0.05) is 20.8 Å². The summed E-state index contributed by atoms with van der Waals surface area (Å²) in [6, 6.07) is -0.0348. The van der Waals surface area contributed by atoms with Gasteiger partial charge in [-0.25, -0.2) is 14.3 Å². The molecule has 3 heterocycles. The van der Waals surface area contributed by atoms with Crippen molar-refractivity contribution in [3.8, 4) is 0 Å². The van der Waals surface area contributed by atoms with E-state index >= 15 is 0 Å². The molecule has 2 aliphatic heterocycles. The van der Waals surface area contributed by atoms with Crippen molar-refractivity contribution in [2.45, 2.75) is 123 Å². The van der Waals surface area contributed by atoms with Gasteiger partial charge >= 0.3 is 12.1 Å². The highest BCUT2D eigenvalue weighted by Gasteiger charge is 2.50. The average molecular weight is 678 g/mol. The predicted octanol–water partition coefficient (Wildman–Crippen LogP) is 4.22. The average Bonchev–Trinajstić information content (AvgIpc) is 3.59. The van der Waals surface area contributed by atoms with Gasteiger partial charge in [0.05, 0.1) is 17.8 Å². The Morgan fingerprint density at radius 1 is 1.12 bits per heavy atom. The quantitative estimate of drug-likeness (QED) is 0.301. The van der Waals surface area contributed by atoms with Crippen LogP contribution < -0.4 is 0 Å². The van der Waals surface area contributed by atoms with Gasteiger partial charge in [0.15, 0.2) is 23.5 Å². The van der Waals surface area contributed by atoms with Crippen molar-refractivity contribution in [3.63, 3.8) is 0 Å². The molecule has 1 aromatic heterocycles. The molecule has 0 amide bonds. The Morgan fingerprint density at radius 2 is 1.79 bits per heavy atom. The molecule has 48 heavy (non-hydrogen) atoms. The highest BCUT2D eigenvalue weighted by Crippen LogP contribution is 2.38. The van der Waals surface area contributed by atoms with E-state index in [-0.39, 0.29) is 30.8 Å². The molecule has 11 atom stereocenters. The Morgan fingerprint density at radius 3 is 2.33 bits per heavy atom. The van der Waals surface area contributed by atoms with Gasteiger partial charge in [0.1, 0.15) is 24.5 Å². The summed E-state index contributed by atoms with van der Waals surface area (Å²) in [5.41, 5.74) is -2.45. The summed E-state index contributed by atoms with van der Waals surface area (Å²) in [7, 11) is 7.02. The maximum Gasteiger partial charge on any atom is 0.420 e. The SMILES string of the molecule is CC[C@H]1OC(=O)C(C)C(=O)C(C)C(OC2OC(C)CC(N(C)C)C2OC)C(C)(OC)CC(C)C(=O)/C(C)=C/C1(C)OC(=O)n1ccnc1. The standard InChI is InChI=1S/C35H55N3O10/c1-13-26-34(7,48-33(42)38-15-14-36-19-38)17-20(2)27(39)21(3)18-35(8,44-12)30(23(5)28(40)24(6)31(41)46-26)47-32-29(43-11)25(37(9)10)16-22(4)45-32/h14-15,17,19,21-26,29-30,32H,13,16,18H2,1-12H3/b20-17+/t21?,22?,23?,24?,25?,26-,29?,30?,32?,34?,35?/m1/s1. The number of likely N-dealkylation sites (N-methyl/N-ethyl adjacent to an activating group) is 1. The number of carbonyl (C=O) groups excluding carboxylic acids is 4. The zero-order valence-corrected chi connectivity index (χ0v) is 30.6. The van der Waals surface area contributed by atoms with Crippen LogP contribution in [0.1, 0.15) is 74.7 Å². The van der Waals surface area contributed by atoms with Crippen molar-refractivity contribution >= 4 is 23.6 Å². The van der Waals surface area contributed by atoms with E-state index in [0.717, 1.165) is 4.57 Å². The first-order chi connectivity index (χ1) is 22.4. The second-order valence-electron chi connectivity index (χ2n) is 13.9. The number of allylic oxidation sites excluding steroid dienone is 1. The van der Waals surface area contributed by atoms with E-state index in [0.29, 0.717) is 12.0 Å². The fourth-order valence-electron chi connectivity index (χ4n) is 7.04. The van der Waals surface area contributed by atoms with Gasteiger partial charge in [-0.3, -0.25) is 14.4 Å². The number of cyclic esters (lactones) is 1. The van der Waals surface area contributed by atoms with Gasteiger partial charge in [0.25, 0.3) is 0 Å². The summed E-state index contributed by atoms with van der Waals surface area (Å²) in [6.07, 6.45) is 2.46. The lowest BCUT2D eigenvalue weighted by molar-refractivity contribution is -0.299. The summed E-state index contributed by atoms with van der Waals surface area (Å²) in [6.45, 7) is 13.7. The molecule has 13 nitrogen and oxygen atoms in total. The van der Waals surface area contributed by atoms with E-state index in [1.165, 1.54) is 38.8 Å². The number of ketones is 2. The van der Waals surface area contributed by atoms with Crippen LogP contribution in [-0.4, -0.2) is 114 Å². The lowest BCUT2D eigenvalue weighted by Crippen LogP contribution is -2.59. The molecule has 0 saturated carbocycles. The monoisotopic (exact) mass is 677 g/mol. The Hall–Kier alpha value is -2.97. The molecule has 3 rings (SSSR count). The normalized spacial score (nSPS) is 38.6. The summed E-state index contributed by atoms with van der Waals surface area (Å²) < 4.78 is 38.0. The molecule has 270 valence electrons. The van der Waals surface area contributed by atoms with Gasteiger partial charge in [-0.05, 0) is 79.6 Å². The molecule has 0 aromatic carbocycles. The number of imidazole rings is 1. The molecular formula is C35H55N3O10. The van der Waals surface area contributed by atoms with E-state index in [4.69, 9.17) is 28.4 Å². The minimum atomic E-state index is -1.56. The lowest BCUT2D eigenvalue weighted by Gasteiger charge is -2.47. The van der Waals surface area contributed by atoms with Crippen molar-refractivity contribution in [2.75, 3.05) is 28.3 Å². The Labute approximate surface area is 284 Å². The zero-order chi connectivity index (χ0) is 36.1. The lowest BCUT2D eigenvalue weighted by atomic mass is 9.77. The molecule has 13 heteroatoms. The number of carbonyl (C=O) groups is 4. The summed E-state index contributed by atoms with van der Waals surface area (Å²) in [4.78, 5) is 60.9. The Balaban J connectivity index is 2.12. The molecule has 2 aliphatic rings. The van der Waals surface area contributed by atoms with E-state index in [1.807, 2.05) is 21.0 Å². The van der Waals surface area contributed by atoms with Gasteiger partial charge in [0, 0.05) is 44.5 Å². The van der Waals surface area contributed by atoms with Gasteiger partial charge in [-0.2, -0.15) is 0 Å². The van der Waals surface area contributed by atoms with E-state index in [2.05, 4.69) is 9.88 Å². The summed E-state index contributed by atoms with van der Waals surface area (Å²) in [5.74, 6) is -4.20. The molecule has 0 radical (unpaired) electrons. The molecule has 1 aromatic rings. The smallest absolute Gasteiger partial charge is 0.420 e. The van der Waals surface area contributed by atoms with Crippen molar-refractivity contribution < 1.29 is 47.6 Å². The third-order valence-electron chi connectivity index (χ3n) is 9.90. The fraction of sp³-hybridized carbons (Fsp3) is 0.743. The van der Waals surface area contributed by atoms with Crippen LogP contribution in [0.5, 0.6) is 0 Å². The molecular weight excluding hydrogens is 622 g/mol. The number of Topliss-reactive ketones (excluding diaryl/α,β-unsaturated/α-hetero) is 2. The number of aromatic nitrogens is 2. The molecule has 0 N–H and O–H groups in total. The molecule has 0 bridgehead atoms. The van der Waals surface area contributed by atoms with Crippen molar-refractivity contribution in [1.29, 1.82) is 0 Å². The third-order valence-corrected chi connectivity index (χ3v) is 9.90. The number of nitrogens with zero attached hydrogens (tertiary/aromatic N) is 3. The largest absolute Gasteiger partial charge is 0.457 e. The number of ether oxygens (including phenoxy) is 6. The number of hydrogen-bond donors (Lipinski definition) is 0. The fourth-order valence-corrected chi connectivity index (χ4v) is 7.04. The number of hydrogen-bond acceptors (Lipinski definition) is 12. The predicted molar refractivity (Wildman–Crippen MR) is 176 cm³/mol. The minimum absolute atomic E-state index is 0.0348. The molecule has 1 fully saturated rings. The number of rotatable bonds is 7. The summed E-state index contributed by atoms with van der Waals surface area (Å²) >= 11 is 0. The van der Waals surface area contributed by atoms with Crippen molar-refractivity contribution in [2.24, 2.45) is 17.8 Å². The van der Waals surface area contributed by atoms with Crippen molar-refractivity contribution in [1.82, 2.24) is 14.5 Å². The van der Waals surface area contributed by atoms with Crippen LogP contribution in [0.4, 0.5) is 4.79 Å². The minimum Gasteiger partial charge on any atom is -0.457 e. The molecule has 1 saturated heterocycles. The van der Waals surface area contributed by atoms with Crippen molar-refractivity contribution in [3.05, 3.63) is 30.4 Å². The van der Waals surface area contributed by atoms with E-state index in [1.54, 1.807) is 48.7 Å². The van der Waals surface area contributed by atoms with Gasteiger partial charge in [-0.15, -0.1) is 0 Å². The van der Waals surface area contributed by atoms with E-state index in [9.17, 15) is 19.2 Å². The van der Waals surface area contributed by atoms with Crippen LogP contribution in [0.15, 0.2) is 30.4 Å². The zero-order valence-electron chi connectivity index (χ0n) is 30.6. The Bertz CT molecular complexity index is 1320. The first-order valence-corrected chi connectivity index (χ1v) is 16.7. The highest BCUT2D eigenvalue weighted by molar-refractivity contribution is 6.00. The van der Waals surface area contributed by atoms with Crippen LogP contribution in [0.3, 0.4) is 0 Å². The summed E-state index contributed by atoms with van der Waals surface area (Å²) in [5, 5.41) is 0. The topological polar surface area (TPSA) is 145 Å². The molecule has 10 unspecified atom stereocenters. The third kappa shape index (κ3) is 8.60. The van der Waals surface area contributed by atoms with Crippen LogP contribution in [0.25, 0.3) is 0 Å². The first-order valence-electron chi connectivity index (χ1n) is 16.7. The van der Waals surface area contributed by atoms with Gasteiger partial charge < -0.3 is 33.3 Å². The second-order valence-corrected chi connectivity index (χ2v) is 13.9. The first kappa shape index (κ1) is 39.5. The number of esters is 1. The highest BCUT2D eigenvalue weighted by atomic mass is 16.7. The van der Waals surface area contributed by atoms with Crippen LogP contribution in [0, 0.1) is 17.8 Å². The Kier molecular flexibility index (Phi) is 13.3. The molecule has 0 aliphatic carbocycles. The maximum atomic E-state index is 14.2. The molecule has 0 spiro atoms. The maximum absolute atomic E-state index is 14.2. The van der Waals surface area contributed by atoms with Gasteiger partial charge in [0.2, 0.25) is 0 Å². The van der Waals surface area contributed by atoms with Crippen LogP contribution in [0.2, 0.25) is 0 Å². The number of methoxy groups -OCH3 is 2. The second kappa shape index (κ2) is 16.2. The van der Waals surface area contributed by atoms with Crippen LogP contribution in [-0.2, 0) is 42.8 Å². The van der Waals surface area contributed by atoms with Crippen LogP contribution >= 0.6 is 0 Å². The van der Waals surface area contributed by atoms with E-state index < -0.39 is 71.4 Å².